The molecule has 1 aliphatic carbocycles. The minimum Gasteiger partial charge on any atom is -0.372 e. The summed E-state index contributed by atoms with van der Waals surface area (Å²) in [5, 5.41) is 15.1. The number of aromatic nitrogens is 1. The lowest BCUT2D eigenvalue weighted by Gasteiger charge is -2.36. The molecule has 3 aromatic rings. The van der Waals surface area contributed by atoms with Gasteiger partial charge in [0.25, 0.3) is 17.7 Å². The van der Waals surface area contributed by atoms with Crippen molar-refractivity contribution in [2.75, 3.05) is 25.0 Å². The van der Waals surface area contributed by atoms with E-state index in [2.05, 4.69) is 36.4 Å². The highest BCUT2D eigenvalue weighted by molar-refractivity contribution is 6.32. The second-order valence-electron chi connectivity index (χ2n) is 15.4. The molecule has 8 rings (SSSR count). The van der Waals surface area contributed by atoms with Crippen LogP contribution in [-0.2, 0) is 29.2 Å². The fraction of sp³-hybridized carbons (Fsp3) is 0.439. The minimum absolute atomic E-state index is 0.0951. The van der Waals surface area contributed by atoms with Gasteiger partial charge in [-0.25, -0.2) is 0 Å². The number of amides is 5. The zero-order valence-electron chi connectivity index (χ0n) is 30.7. The molecule has 4 aliphatic heterocycles. The van der Waals surface area contributed by atoms with E-state index in [-0.39, 0.29) is 30.7 Å². The van der Waals surface area contributed by atoms with Crippen LogP contribution < -0.4 is 15.5 Å². The Morgan fingerprint density at radius 1 is 0.945 bits per heavy atom. The van der Waals surface area contributed by atoms with Gasteiger partial charge in [-0.1, -0.05) is 11.6 Å². The second kappa shape index (κ2) is 15.2. The van der Waals surface area contributed by atoms with Crippen LogP contribution in [0.3, 0.4) is 0 Å². The molecule has 3 fully saturated rings. The van der Waals surface area contributed by atoms with Crippen LogP contribution in [0.1, 0.15) is 105 Å². The highest BCUT2D eigenvalue weighted by Gasteiger charge is 2.45. The lowest BCUT2D eigenvalue weighted by molar-refractivity contribution is -0.136. The Labute approximate surface area is 324 Å². The maximum absolute atomic E-state index is 13.3. The number of fused-ring (bicyclic) bond motifs is 2. The van der Waals surface area contributed by atoms with Gasteiger partial charge in [0.2, 0.25) is 11.8 Å². The zero-order chi connectivity index (χ0) is 38.4. The van der Waals surface area contributed by atoms with Gasteiger partial charge in [-0.2, -0.15) is 5.26 Å². The highest BCUT2D eigenvalue weighted by Crippen LogP contribution is 2.35. The molecule has 2 N–H and O–H groups in total. The quantitative estimate of drug-likeness (QED) is 0.319. The van der Waals surface area contributed by atoms with Crippen LogP contribution in [0.25, 0.3) is 0 Å². The number of pyridine rings is 1. The predicted molar refractivity (Wildman–Crippen MR) is 203 cm³/mol. The molecule has 2 saturated heterocycles. The molecule has 1 atom stereocenters. The molecule has 2 aromatic carbocycles. The van der Waals surface area contributed by atoms with Crippen LogP contribution in [0.15, 0.2) is 48.7 Å². The minimum atomic E-state index is -0.965. The van der Waals surface area contributed by atoms with E-state index in [1.807, 2.05) is 43.4 Å². The van der Waals surface area contributed by atoms with Gasteiger partial charge in [0.15, 0.2) is 0 Å². The molecule has 5 amide bonds. The van der Waals surface area contributed by atoms with Crippen molar-refractivity contribution in [2.24, 2.45) is 0 Å². The number of carbonyl (C=O) groups excluding carboxylic acids is 5. The van der Waals surface area contributed by atoms with Crippen molar-refractivity contribution in [2.45, 2.75) is 95.2 Å². The average Bonchev–Trinajstić information content (AvgIpc) is 3.71. The average molecular weight is 763 g/mol. The van der Waals surface area contributed by atoms with Crippen LogP contribution in [0.2, 0.25) is 5.02 Å². The largest absolute Gasteiger partial charge is 0.372 e. The number of hydrogen-bond acceptors (Lipinski definition) is 10. The van der Waals surface area contributed by atoms with E-state index in [1.165, 1.54) is 0 Å². The van der Waals surface area contributed by atoms with Crippen molar-refractivity contribution < 1.29 is 24.0 Å². The Morgan fingerprint density at radius 2 is 1.64 bits per heavy atom. The summed E-state index contributed by atoms with van der Waals surface area (Å²) in [6, 6.07) is 14.9. The van der Waals surface area contributed by atoms with Crippen molar-refractivity contribution in [1.29, 1.82) is 5.26 Å². The molecular formula is C41H43ClN8O5. The van der Waals surface area contributed by atoms with Gasteiger partial charge in [0.05, 0.1) is 33.0 Å². The highest BCUT2D eigenvalue weighted by atomic mass is 35.5. The fourth-order valence-electron chi connectivity index (χ4n) is 8.88. The number of halogens is 1. The molecule has 14 heteroatoms. The van der Waals surface area contributed by atoms with Gasteiger partial charge in [0.1, 0.15) is 12.1 Å². The number of rotatable bonds is 8. The van der Waals surface area contributed by atoms with E-state index in [1.54, 1.807) is 12.3 Å². The third kappa shape index (κ3) is 7.34. The molecule has 1 unspecified atom stereocenters. The van der Waals surface area contributed by atoms with Crippen LogP contribution >= 0.6 is 11.6 Å². The molecule has 5 heterocycles. The first-order valence-electron chi connectivity index (χ1n) is 19.1. The molecule has 1 aromatic heterocycles. The number of anilines is 1. The van der Waals surface area contributed by atoms with Gasteiger partial charge in [-0.05, 0) is 98.5 Å². The van der Waals surface area contributed by atoms with Crippen LogP contribution in [0, 0.1) is 11.3 Å². The number of hydrogen-bond donors (Lipinski definition) is 2. The summed E-state index contributed by atoms with van der Waals surface area (Å²) in [7, 11) is 2.05. The Morgan fingerprint density at radius 3 is 2.24 bits per heavy atom. The molecule has 0 bridgehead atoms. The number of nitriles is 1. The van der Waals surface area contributed by atoms with Crippen molar-refractivity contribution >= 4 is 46.8 Å². The fourth-order valence-corrected chi connectivity index (χ4v) is 9.09. The van der Waals surface area contributed by atoms with Crippen molar-refractivity contribution in [1.82, 2.24) is 30.3 Å². The standard InChI is InChI=1S/C41H43ClN8O5/c1-47(32-7-3-24(19-43)35(42)18-32)30-8-5-28(6-9-30)45-38(52)25-2-4-29(44-20-25)23-48-14-12-31(13-15-48)49-21-26-16-33-34(17-27(26)22-49)41(55)50(40(33)54)36-10-11-37(51)46-39(36)53/h2-4,7,16-18,20,28,30-31,36H,5-6,8-15,21-23H2,1H3,(H,45,52)(H,46,51,53). The van der Waals surface area contributed by atoms with Crippen molar-refractivity contribution in [3.63, 3.8) is 0 Å². The number of benzene rings is 2. The smallest absolute Gasteiger partial charge is 0.262 e. The molecule has 0 radical (unpaired) electrons. The van der Waals surface area contributed by atoms with Crippen LogP contribution in [-0.4, -0.2) is 93.5 Å². The second-order valence-corrected chi connectivity index (χ2v) is 15.8. The maximum atomic E-state index is 13.3. The summed E-state index contributed by atoms with van der Waals surface area (Å²) in [5.41, 5.74) is 5.66. The first-order chi connectivity index (χ1) is 26.6. The normalized spacial score (nSPS) is 23.3. The zero-order valence-corrected chi connectivity index (χ0v) is 31.5. The number of imide groups is 2. The molecule has 0 spiro atoms. The summed E-state index contributed by atoms with van der Waals surface area (Å²) < 4.78 is 0. The number of piperidine rings is 2. The van der Waals surface area contributed by atoms with Gasteiger partial charge in [-0.15, -0.1) is 0 Å². The summed E-state index contributed by atoms with van der Waals surface area (Å²) in [6.07, 6.45) is 7.50. The topological polar surface area (TPSA) is 159 Å². The van der Waals surface area contributed by atoms with Crippen LogP contribution in [0.5, 0.6) is 0 Å². The molecule has 55 heavy (non-hydrogen) atoms. The maximum Gasteiger partial charge on any atom is 0.262 e. The van der Waals surface area contributed by atoms with Gasteiger partial charge < -0.3 is 10.2 Å². The Hall–Kier alpha value is -5.16. The van der Waals surface area contributed by atoms with Crippen molar-refractivity contribution in [3.05, 3.63) is 92.8 Å². The van der Waals surface area contributed by atoms with Gasteiger partial charge in [-0.3, -0.25) is 49.0 Å². The summed E-state index contributed by atoms with van der Waals surface area (Å²) in [4.78, 5) is 76.4. The van der Waals surface area contributed by atoms with E-state index in [9.17, 15) is 29.2 Å². The van der Waals surface area contributed by atoms with Gasteiger partial charge in [0, 0.05) is 76.2 Å². The first kappa shape index (κ1) is 36.8. The van der Waals surface area contributed by atoms with E-state index in [0.717, 1.165) is 79.0 Å². The third-order valence-corrected chi connectivity index (χ3v) is 12.4. The van der Waals surface area contributed by atoms with E-state index in [4.69, 9.17) is 11.6 Å². The summed E-state index contributed by atoms with van der Waals surface area (Å²) >= 11 is 6.26. The third-order valence-electron chi connectivity index (χ3n) is 12.1. The monoisotopic (exact) mass is 762 g/mol. The van der Waals surface area contributed by atoms with Gasteiger partial charge >= 0.3 is 0 Å². The van der Waals surface area contributed by atoms with Crippen LogP contribution in [0.4, 0.5) is 5.69 Å². The molecular weight excluding hydrogens is 720 g/mol. The number of carbonyl (C=O) groups is 5. The Bertz CT molecular complexity index is 2060. The molecule has 5 aliphatic rings. The lowest BCUT2D eigenvalue weighted by Crippen LogP contribution is -2.54. The first-order valence-corrected chi connectivity index (χ1v) is 19.5. The number of nitrogens with zero attached hydrogens (tertiary/aromatic N) is 6. The van der Waals surface area contributed by atoms with E-state index < -0.39 is 23.8 Å². The molecule has 13 nitrogen and oxygen atoms in total. The number of likely N-dealkylation sites (tertiary alicyclic amines) is 1. The number of nitrogens with one attached hydrogen (secondary N) is 2. The SMILES string of the molecule is CN(c1ccc(C#N)c(Cl)c1)C1CCC(NC(=O)c2ccc(CN3CCC(N4Cc5cc6c(cc5C4)C(=O)N(C4CCC(=O)NC4=O)C6=O)CC3)nc2)CC1. The van der Waals surface area contributed by atoms with Crippen molar-refractivity contribution in [3.8, 4) is 6.07 Å². The molecule has 284 valence electrons. The Balaban J connectivity index is 0.784. The van der Waals surface area contributed by atoms with E-state index >= 15 is 0 Å². The summed E-state index contributed by atoms with van der Waals surface area (Å²) in [6.45, 7) is 3.92. The lowest BCUT2D eigenvalue weighted by atomic mass is 9.90. The Kier molecular flexibility index (Phi) is 10.1. The van der Waals surface area contributed by atoms with E-state index in [0.29, 0.717) is 59.0 Å². The summed E-state index contributed by atoms with van der Waals surface area (Å²) in [5.74, 6) is -2.04. The predicted octanol–water partition coefficient (Wildman–Crippen LogP) is 4.17. The molecule has 1 saturated carbocycles.